The number of hydrogen-bond acceptors (Lipinski definition) is 3. The predicted octanol–water partition coefficient (Wildman–Crippen LogP) is 4.40. The molecular formula is C13H7BrClFN2O3. The van der Waals surface area contributed by atoms with Crippen LogP contribution in [0.4, 0.5) is 15.8 Å². The molecular weight excluding hydrogens is 367 g/mol. The molecule has 1 N–H and O–H groups in total. The van der Waals surface area contributed by atoms with E-state index in [2.05, 4.69) is 21.2 Å². The molecule has 0 atom stereocenters. The van der Waals surface area contributed by atoms with Crippen LogP contribution in [0.5, 0.6) is 0 Å². The molecule has 0 heterocycles. The SMILES string of the molecule is O=C(Nc1cc(Br)ccc1F)c1cc([N+](=O)[O-])ccc1Cl. The Balaban J connectivity index is 2.34. The molecule has 0 aliphatic heterocycles. The van der Waals surface area contributed by atoms with Crippen LogP contribution in [0.1, 0.15) is 10.4 Å². The summed E-state index contributed by atoms with van der Waals surface area (Å²) >= 11 is 9.00. The molecule has 0 saturated heterocycles. The monoisotopic (exact) mass is 372 g/mol. The van der Waals surface area contributed by atoms with Crippen LogP contribution in [-0.4, -0.2) is 10.8 Å². The van der Waals surface area contributed by atoms with E-state index in [0.717, 1.165) is 6.07 Å². The van der Waals surface area contributed by atoms with E-state index in [4.69, 9.17) is 11.6 Å². The van der Waals surface area contributed by atoms with Crippen molar-refractivity contribution in [1.29, 1.82) is 0 Å². The number of carbonyl (C=O) groups excluding carboxylic acids is 1. The number of anilines is 1. The molecule has 8 heteroatoms. The second-order valence-electron chi connectivity index (χ2n) is 4.00. The highest BCUT2D eigenvalue weighted by atomic mass is 79.9. The van der Waals surface area contributed by atoms with Gasteiger partial charge < -0.3 is 5.32 Å². The van der Waals surface area contributed by atoms with E-state index in [1.54, 1.807) is 0 Å². The predicted molar refractivity (Wildman–Crippen MR) is 80.2 cm³/mol. The van der Waals surface area contributed by atoms with Gasteiger partial charge in [-0.25, -0.2) is 4.39 Å². The highest BCUT2D eigenvalue weighted by Gasteiger charge is 2.17. The Morgan fingerprint density at radius 2 is 2.00 bits per heavy atom. The van der Waals surface area contributed by atoms with E-state index in [1.165, 1.54) is 30.3 Å². The standard InChI is InChI=1S/C13H7BrClFN2O3/c14-7-1-4-11(16)12(5-7)17-13(19)9-6-8(18(20)21)2-3-10(9)15/h1-6H,(H,17,19). The number of benzene rings is 2. The zero-order valence-corrected chi connectivity index (χ0v) is 12.6. The molecule has 0 aromatic heterocycles. The van der Waals surface area contributed by atoms with E-state index >= 15 is 0 Å². The third-order valence-corrected chi connectivity index (χ3v) is 3.40. The summed E-state index contributed by atoms with van der Waals surface area (Å²) in [6, 6.07) is 7.48. The first-order valence-electron chi connectivity index (χ1n) is 5.59. The van der Waals surface area contributed by atoms with Crippen molar-refractivity contribution in [1.82, 2.24) is 0 Å². The third kappa shape index (κ3) is 3.56. The molecule has 0 unspecified atom stereocenters. The minimum Gasteiger partial charge on any atom is -0.319 e. The number of hydrogen-bond donors (Lipinski definition) is 1. The molecule has 2 rings (SSSR count). The third-order valence-electron chi connectivity index (χ3n) is 2.58. The smallest absolute Gasteiger partial charge is 0.270 e. The van der Waals surface area contributed by atoms with Crippen molar-refractivity contribution in [2.75, 3.05) is 5.32 Å². The maximum absolute atomic E-state index is 13.6. The lowest BCUT2D eigenvalue weighted by Gasteiger charge is -2.08. The van der Waals surface area contributed by atoms with Crippen LogP contribution >= 0.6 is 27.5 Å². The molecule has 1 amide bonds. The molecule has 108 valence electrons. The second-order valence-corrected chi connectivity index (χ2v) is 5.32. The Kier molecular flexibility index (Phi) is 4.54. The van der Waals surface area contributed by atoms with Crippen LogP contribution in [0.2, 0.25) is 5.02 Å². The zero-order chi connectivity index (χ0) is 15.6. The minimum absolute atomic E-state index is 0.0357. The number of nitrogens with zero attached hydrogens (tertiary/aromatic N) is 1. The fourth-order valence-corrected chi connectivity index (χ4v) is 2.15. The fraction of sp³-hybridized carbons (Fsp3) is 0. The van der Waals surface area contributed by atoms with Crippen LogP contribution in [0.15, 0.2) is 40.9 Å². The maximum Gasteiger partial charge on any atom is 0.270 e. The van der Waals surface area contributed by atoms with Gasteiger partial charge in [-0.1, -0.05) is 27.5 Å². The van der Waals surface area contributed by atoms with Crippen molar-refractivity contribution in [2.24, 2.45) is 0 Å². The summed E-state index contributed by atoms with van der Waals surface area (Å²) in [5.74, 6) is -1.37. The highest BCUT2D eigenvalue weighted by molar-refractivity contribution is 9.10. The summed E-state index contributed by atoms with van der Waals surface area (Å²) in [6.07, 6.45) is 0. The maximum atomic E-state index is 13.6. The Morgan fingerprint density at radius 3 is 2.67 bits per heavy atom. The van der Waals surface area contributed by atoms with Crippen molar-refractivity contribution in [3.8, 4) is 0 Å². The number of non-ortho nitro benzene ring substituents is 1. The van der Waals surface area contributed by atoms with Crippen LogP contribution < -0.4 is 5.32 Å². The molecule has 21 heavy (non-hydrogen) atoms. The molecule has 2 aromatic rings. The summed E-state index contributed by atoms with van der Waals surface area (Å²) in [4.78, 5) is 22.1. The Hall–Kier alpha value is -1.99. The van der Waals surface area contributed by atoms with Gasteiger partial charge in [-0.2, -0.15) is 0 Å². The first-order chi connectivity index (χ1) is 9.88. The number of nitro benzene ring substituents is 1. The van der Waals surface area contributed by atoms with Crippen molar-refractivity contribution >= 4 is 44.8 Å². The van der Waals surface area contributed by atoms with E-state index in [9.17, 15) is 19.3 Å². The fourth-order valence-electron chi connectivity index (χ4n) is 1.58. The number of nitrogens with one attached hydrogen (secondary N) is 1. The van der Waals surface area contributed by atoms with Gasteiger partial charge in [0.25, 0.3) is 11.6 Å². The quantitative estimate of drug-likeness (QED) is 0.640. The van der Waals surface area contributed by atoms with Crippen LogP contribution in [0, 0.1) is 15.9 Å². The summed E-state index contributed by atoms with van der Waals surface area (Å²) in [6.45, 7) is 0. The molecule has 0 radical (unpaired) electrons. The lowest BCUT2D eigenvalue weighted by molar-refractivity contribution is -0.384. The van der Waals surface area contributed by atoms with Crippen molar-refractivity contribution < 1.29 is 14.1 Å². The molecule has 0 spiro atoms. The molecule has 0 bridgehead atoms. The van der Waals surface area contributed by atoms with E-state index in [0.29, 0.717) is 4.47 Å². The van der Waals surface area contributed by atoms with Gasteiger partial charge in [-0.05, 0) is 24.3 Å². The van der Waals surface area contributed by atoms with Gasteiger partial charge in [0.1, 0.15) is 5.82 Å². The first-order valence-corrected chi connectivity index (χ1v) is 6.76. The topological polar surface area (TPSA) is 72.2 Å². The molecule has 0 fully saturated rings. The van der Waals surface area contributed by atoms with Crippen LogP contribution in [-0.2, 0) is 0 Å². The van der Waals surface area contributed by atoms with Gasteiger partial charge in [-0.3, -0.25) is 14.9 Å². The van der Waals surface area contributed by atoms with E-state index in [-0.39, 0.29) is 22.0 Å². The molecule has 0 aliphatic rings. The molecule has 5 nitrogen and oxygen atoms in total. The van der Waals surface area contributed by atoms with Crippen molar-refractivity contribution in [3.63, 3.8) is 0 Å². The van der Waals surface area contributed by atoms with Crippen molar-refractivity contribution in [3.05, 3.63) is 67.4 Å². The number of carbonyl (C=O) groups is 1. The summed E-state index contributed by atoms with van der Waals surface area (Å²) in [5.41, 5.74) is -0.443. The Morgan fingerprint density at radius 1 is 1.29 bits per heavy atom. The zero-order valence-electron chi connectivity index (χ0n) is 10.3. The lowest BCUT2D eigenvalue weighted by atomic mass is 10.2. The summed E-state index contributed by atoms with van der Waals surface area (Å²) < 4.78 is 14.2. The first kappa shape index (κ1) is 15.4. The number of amides is 1. The van der Waals surface area contributed by atoms with Gasteiger partial charge in [0.05, 0.1) is 21.2 Å². The van der Waals surface area contributed by atoms with Crippen LogP contribution in [0.3, 0.4) is 0 Å². The Labute approximate surface area is 132 Å². The number of nitro groups is 1. The minimum atomic E-state index is -0.735. The second kappa shape index (κ2) is 6.19. The normalized spacial score (nSPS) is 10.2. The molecule has 0 saturated carbocycles. The highest BCUT2D eigenvalue weighted by Crippen LogP contribution is 2.25. The average Bonchev–Trinajstić information content (AvgIpc) is 2.43. The number of halogens is 3. The molecule has 0 aliphatic carbocycles. The van der Waals surface area contributed by atoms with Gasteiger partial charge >= 0.3 is 0 Å². The number of rotatable bonds is 3. The average molecular weight is 374 g/mol. The van der Waals surface area contributed by atoms with Gasteiger partial charge in [0, 0.05) is 16.6 Å². The van der Waals surface area contributed by atoms with Gasteiger partial charge in [0.15, 0.2) is 0 Å². The summed E-state index contributed by atoms with van der Waals surface area (Å²) in [7, 11) is 0. The van der Waals surface area contributed by atoms with Crippen molar-refractivity contribution in [2.45, 2.75) is 0 Å². The van der Waals surface area contributed by atoms with E-state index in [1.807, 2.05) is 0 Å². The van der Waals surface area contributed by atoms with E-state index < -0.39 is 16.6 Å². The Bertz CT molecular complexity index is 739. The largest absolute Gasteiger partial charge is 0.319 e. The van der Waals surface area contributed by atoms with Crippen LogP contribution in [0.25, 0.3) is 0 Å². The lowest BCUT2D eigenvalue weighted by Crippen LogP contribution is -2.14. The van der Waals surface area contributed by atoms with Gasteiger partial charge in [-0.15, -0.1) is 0 Å². The van der Waals surface area contributed by atoms with Gasteiger partial charge in [0.2, 0.25) is 0 Å². The summed E-state index contributed by atoms with van der Waals surface area (Å²) in [5, 5.41) is 13.1. The molecule has 2 aromatic carbocycles.